The highest BCUT2D eigenvalue weighted by Crippen LogP contribution is 2.14. The van der Waals surface area contributed by atoms with Gasteiger partial charge in [-0.2, -0.15) is 0 Å². The summed E-state index contributed by atoms with van der Waals surface area (Å²) < 4.78 is 5.60. The molecule has 1 rings (SSSR count). The lowest BCUT2D eigenvalue weighted by Gasteiger charge is -2.18. The first-order valence-corrected chi connectivity index (χ1v) is 6.32. The van der Waals surface area contributed by atoms with E-state index in [1.165, 1.54) is 0 Å². The Morgan fingerprint density at radius 1 is 1.44 bits per heavy atom. The lowest BCUT2D eigenvalue weighted by molar-refractivity contribution is -0.127. The first-order valence-electron chi connectivity index (χ1n) is 6.32. The third-order valence-electron chi connectivity index (χ3n) is 2.82. The molecule has 0 radical (unpaired) electrons. The molecule has 0 saturated carbocycles. The second-order valence-corrected chi connectivity index (χ2v) is 4.43. The first kappa shape index (κ1) is 14.5. The molecule has 0 spiro atoms. The standard InChI is InChI=1S/C14H22N2O2/c1-4-10(2)16-14(17)11(3)18-13-7-5-6-12(8-13)9-15/h5-8,10-11H,4,9,15H2,1-3H3,(H,16,17). The zero-order chi connectivity index (χ0) is 13.5. The zero-order valence-corrected chi connectivity index (χ0v) is 11.3. The van der Waals surface area contributed by atoms with Gasteiger partial charge in [0.25, 0.3) is 5.91 Å². The molecule has 0 aliphatic rings. The van der Waals surface area contributed by atoms with Gasteiger partial charge in [0, 0.05) is 12.6 Å². The number of benzene rings is 1. The van der Waals surface area contributed by atoms with E-state index < -0.39 is 6.10 Å². The van der Waals surface area contributed by atoms with Crippen molar-refractivity contribution in [3.8, 4) is 5.75 Å². The Morgan fingerprint density at radius 2 is 2.17 bits per heavy atom. The summed E-state index contributed by atoms with van der Waals surface area (Å²) in [5.41, 5.74) is 6.55. The maximum Gasteiger partial charge on any atom is 0.260 e. The Kier molecular flexibility index (Phi) is 5.65. The van der Waals surface area contributed by atoms with Gasteiger partial charge in [-0.25, -0.2) is 0 Å². The Balaban J connectivity index is 2.57. The monoisotopic (exact) mass is 250 g/mol. The van der Waals surface area contributed by atoms with E-state index in [4.69, 9.17) is 10.5 Å². The average molecular weight is 250 g/mol. The van der Waals surface area contributed by atoms with Gasteiger partial charge in [0.2, 0.25) is 0 Å². The van der Waals surface area contributed by atoms with Crippen molar-refractivity contribution in [1.29, 1.82) is 0 Å². The zero-order valence-electron chi connectivity index (χ0n) is 11.3. The van der Waals surface area contributed by atoms with Crippen LogP contribution in [0.4, 0.5) is 0 Å². The number of amides is 1. The topological polar surface area (TPSA) is 64.3 Å². The second kappa shape index (κ2) is 7.01. The number of hydrogen-bond donors (Lipinski definition) is 2. The molecule has 0 bridgehead atoms. The van der Waals surface area contributed by atoms with Gasteiger partial charge in [-0.1, -0.05) is 19.1 Å². The molecule has 4 nitrogen and oxygen atoms in total. The number of nitrogens with two attached hydrogens (primary N) is 1. The van der Waals surface area contributed by atoms with Gasteiger partial charge in [-0.15, -0.1) is 0 Å². The molecule has 4 heteroatoms. The van der Waals surface area contributed by atoms with E-state index in [1.807, 2.05) is 38.1 Å². The summed E-state index contributed by atoms with van der Waals surface area (Å²) in [6.07, 6.45) is 0.397. The summed E-state index contributed by atoms with van der Waals surface area (Å²) in [5, 5.41) is 2.89. The molecule has 2 unspecified atom stereocenters. The summed E-state index contributed by atoms with van der Waals surface area (Å²) in [6, 6.07) is 7.64. The van der Waals surface area contributed by atoms with E-state index in [0.717, 1.165) is 12.0 Å². The molecule has 0 aromatic heterocycles. The molecule has 0 aliphatic heterocycles. The van der Waals surface area contributed by atoms with Crippen LogP contribution in [0.3, 0.4) is 0 Å². The predicted molar refractivity (Wildman–Crippen MR) is 72.3 cm³/mol. The molecule has 0 heterocycles. The molecule has 3 N–H and O–H groups in total. The summed E-state index contributed by atoms with van der Waals surface area (Å²) >= 11 is 0. The van der Waals surface area contributed by atoms with E-state index in [0.29, 0.717) is 12.3 Å². The molecule has 0 saturated heterocycles. The van der Waals surface area contributed by atoms with Crippen LogP contribution in [0.5, 0.6) is 5.75 Å². The molecule has 1 aromatic rings. The van der Waals surface area contributed by atoms with Gasteiger partial charge < -0.3 is 15.8 Å². The van der Waals surface area contributed by atoms with Crippen LogP contribution in [-0.2, 0) is 11.3 Å². The maximum absolute atomic E-state index is 11.8. The number of ether oxygens (including phenoxy) is 1. The summed E-state index contributed by atoms with van der Waals surface area (Å²) in [6.45, 7) is 6.21. The van der Waals surface area contributed by atoms with Crippen molar-refractivity contribution in [3.63, 3.8) is 0 Å². The summed E-state index contributed by atoms with van der Waals surface area (Å²) in [4.78, 5) is 11.8. The van der Waals surface area contributed by atoms with Crippen LogP contribution in [0.1, 0.15) is 32.8 Å². The number of nitrogens with one attached hydrogen (secondary N) is 1. The first-order chi connectivity index (χ1) is 8.56. The summed E-state index contributed by atoms with van der Waals surface area (Å²) in [5.74, 6) is 0.576. The fourth-order valence-corrected chi connectivity index (χ4v) is 1.47. The van der Waals surface area contributed by atoms with Gasteiger partial charge in [0.05, 0.1) is 0 Å². The molecule has 100 valence electrons. The maximum atomic E-state index is 11.8. The molecule has 2 atom stereocenters. The SMILES string of the molecule is CCC(C)NC(=O)C(C)Oc1cccc(CN)c1. The molecule has 18 heavy (non-hydrogen) atoms. The Morgan fingerprint density at radius 3 is 2.78 bits per heavy atom. The minimum absolute atomic E-state index is 0.0949. The smallest absolute Gasteiger partial charge is 0.260 e. The van der Waals surface area contributed by atoms with E-state index in [1.54, 1.807) is 6.92 Å². The molecule has 0 fully saturated rings. The van der Waals surface area contributed by atoms with Crippen LogP contribution >= 0.6 is 0 Å². The molecular weight excluding hydrogens is 228 g/mol. The highest BCUT2D eigenvalue weighted by atomic mass is 16.5. The van der Waals surface area contributed by atoms with Crippen LogP contribution in [0.15, 0.2) is 24.3 Å². The van der Waals surface area contributed by atoms with Crippen molar-refractivity contribution < 1.29 is 9.53 Å². The highest BCUT2D eigenvalue weighted by molar-refractivity contribution is 5.80. The fraction of sp³-hybridized carbons (Fsp3) is 0.500. The minimum atomic E-state index is -0.507. The van der Waals surface area contributed by atoms with Gasteiger partial charge >= 0.3 is 0 Å². The van der Waals surface area contributed by atoms with Crippen molar-refractivity contribution >= 4 is 5.91 Å². The molecule has 0 aliphatic carbocycles. The van der Waals surface area contributed by atoms with E-state index >= 15 is 0 Å². The fourth-order valence-electron chi connectivity index (χ4n) is 1.47. The Labute approximate surface area is 109 Å². The number of hydrogen-bond acceptors (Lipinski definition) is 3. The lowest BCUT2D eigenvalue weighted by atomic mass is 10.2. The third-order valence-corrected chi connectivity index (χ3v) is 2.82. The van der Waals surface area contributed by atoms with E-state index in [9.17, 15) is 4.79 Å². The quantitative estimate of drug-likeness (QED) is 0.809. The van der Waals surface area contributed by atoms with E-state index in [-0.39, 0.29) is 11.9 Å². The minimum Gasteiger partial charge on any atom is -0.481 e. The number of carbonyl (C=O) groups excluding carboxylic acids is 1. The number of carbonyl (C=O) groups is 1. The lowest BCUT2D eigenvalue weighted by Crippen LogP contribution is -2.40. The van der Waals surface area contributed by atoms with Gasteiger partial charge in [-0.05, 0) is 38.0 Å². The molecule has 1 amide bonds. The molecular formula is C14H22N2O2. The highest BCUT2D eigenvalue weighted by Gasteiger charge is 2.16. The van der Waals surface area contributed by atoms with Crippen LogP contribution in [-0.4, -0.2) is 18.1 Å². The van der Waals surface area contributed by atoms with Crippen LogP contribution in [0.25, 0.3) is 0 Å². The summed E-state index contributed by atoms with van der Waals surface area (Å²) in [7, 11) is 0. The van der Waals surface area contributed by atoms with Gasteiger partial charge in [-0.3, -0.25) is 4.79 Å². The number of rotatable bonds is 6. The van der Waals surface area contributed by atoms with E-state index in [2.05, 4.69) is 5.32 Å². The van der Waals surface area contributed by atoms with Gasteiger partial charge in [0.1, 0.15) is 5.75 Å². The Hall–Kier alpha value is -1.55. The van der Waals surface area contributed by atoms with Crippen molar-refractivity contribution in [3.05, 3.63) is 29.8 Å². The molecule has 1 aromatic carbocycles. The van der Waals surface area contributed by atoms with Gasteiger partial charge in [0.15, 0.2) is 6.10 Å². The second-order valence-electron chi connectivity index (χ2n) is 4.43. The van der Waals surface area contributed by atoms with Crippen LogP contribution < -0.4 is 15.8 Å². The van der Waals surface area contributed by atoms with Crippen LogP contribution in [0.2, 0.25) is 0 Å². The normalized spacial score (nSPS) is 13.8. The largest absolute Gasteiger partial charge is 0.481 e. The Bertz CT molecular complexity index is 393. The predicted octanol–water partition coefficient (Wildman–Crippen LogP) is 1.83. The van der Waals surface area contributed by atoms with Crippen molar-refractivity contribution in [2.75, 3.05) is 0 Å². The van der Waals surface area contributed by atoms with Crippen LogP contribution in [0, 0.1) is 0 Å². The van der Waals surface area contributed by atoms with Crippen molar-refractivity contribution in [1.82, 2.24) is 5.32 Å². The average Bonchev–Trinajstić information content (AvgIpc) is 2.38. The van der Waals surface area contributed by atoms with Crippen molar-refractivity contribution in [2.45, 2.75) is 45.9 Å². The van der Waals surface area contributed by atoms with Crippen molar-refractivity contribution in [2.24, 2.45) is 5.73 Å². The third kappa shape index (κ3) is 4.37.